The highest BCUT2D eigenvalue weighted by Gasteiger charge is 2.11. The van der Waals surface area contributed by atoms with Gasteiger partial charge in [0.05, 0.1) is 19.0 Å². The van der Waals surface area contributed by atoms with Crippen LogP contribution in [0.25, 0.3) is 0 Å². The van der Waals surface area contributed by atoms with Gasteiger partial charge in [-0.05, 0) is 30.2 Å². The van der Waals surface area contributed by atoms with Gasteiger partial charge < -0.3 is 10.6 Å². The van der Waals surface area contributed by atoms with Crippen molar-refractivity contribution in [1.29, 1.82) is 0 Å². The fraction of sp³-hybridized carbons (Fsp3) is 0.222. The summed E-state index contributed by atoms with van der Waals surface area (Å²) in [7, 11) is 0. The molecule has 0 aliphatic carbocycles. The SMILES string of the molecule is CC(NC(=O)CNC(=O)Cc1ccccc1)c1ccc(Cl)cc1. The lowest BCUT2D eigenvalue weighted by Crippen LogP contribution is -2.38. The Labute approximate surface area is 140 Å². The Morgan fingerprint density at radius 2 is 1.65 bits per heavy atom. The Morgan fingerprint density at radius 3 is 2.30 bits per heavy atom. The van der Waals surface area contributed by atoms with Crippen LogP contribution in [0.2, 0.25) is 5.02 Å². The van der Waals surface area contributed by atoms with E-state index < -0.39 is 0 Å². The van der Waals surface area contributed by atoms with Gasteiger partial charge in [-0.2, -0.15) is 0 Å². The Morgan fingerprint density at radius 1 is 1.00 bits per heavy atom. The molecule has 2 rings (SSSR count). The van der Waals surface area contributed by atoms with Crippen molar-refractivity contribution in [2.45, 2.75) is 19.4 Å². The molecule has 0 heterocycles. The molecular formula is C18H19ClN2O2. The van der Waals surface area contributed by atoms with E-state index >= 15 is 0 Å². The van der Waals surface area contributed by atoms with E-state index in [-0.39, 0.29) is 30.8 Å². The monoisotopic (exact) mass is 330 g/mol. The van der Waals surface area contributed by atoms with Gasteiger partial charge in [0.1, 0.15) is 0 Å². The zero-order chi connectivity index (χ0) is 16.7. The number of amides is 2. The lowest BCUT2D eigenvalue weighted by molar-refractivity contribution is -0.126. The van der Waals surface area contributed by atoms with Crippen LogP contribution in [0.1, 0.15) is 24.1 Å². The van der Waals surface area contributed by atoms with Gasteiger partial charge >= 0.3 is 0 Å². The average Bonchev–Trinajstić information content (AvgIpc) is 2.54. The van der Waals surface area contributed by atoms with Gasteiger partial charge in [0.2, 0.25) is 11.8 Å². The smallest absolute Gasteiger partial charge is 0.239 e. The largest absolute Gasteiger partial charge is 0.348 e. The molecule has 0 bridgehead atoms. The summed E-state index contributed by atoms with van der Waals surface area (Å²) in [5, 5.41) is 6.12. The van der Waals surface area contributed by atoms with Crippen LogP contribution in [0, 0.1) is 0 Å². The molecule has 0 spiro atoms. The number of benzene rings is 2. The normalized spacial score (nSPS) is 11.6. The van der Waals surface area contributed by atoms with Crippen LogP contribution in [0.4, 0.5) is 0 Å². The summed E-state index contributed by atoms with van der Waals surface area (Å²) in [6.07, 6.45) is 0.265. The predicted molar refractivity (Wildman–Crippen MR) is 91.2 cm³/mol. The zero-order valence-electron chi connectivity index (χ0n) is 12.9. The fourth-order valence-corrected chi connectivity index (χ4v) is 2.28. The number of hydrogen-bond acceptors (Lipinski definition) is 2. The maximum absolute atomic E-state index is 11.9. The van der Waals surface area contributed by atoms with Crippen LogP contribution in [0.5, 0.6) is 0 Å². The van der Waals surface area contributed by atoms with Gasteiger partial charge in [0, 0.05) is 5.02 Å². The second-order valence-electron chi connectivity index (χ2n) is 5.28. The van der Waals surface area contributed by atoms with Crippen molar-refractivity contribution in [3.8, 4) is 0 Å². The van der Waals surface area contributed by atoms with Crippen LogP contribution in [0.3, 0.4) is 0 Å². The molecule has 23 heavy (non-hydrogen) atoms. The van der Waals surface area contributed by atoms with E-state index in [9.17, 15) is 9.59 Å². The average molecular weight is 331 g/mol. The number of carbonyl (C=O) groups excluding carboxylic acids is 2. The third-order valence-corrected chi connectivity index (χ3v) is 3.65. The third kappa shape index (κ3) is 5.75. The number of nitrogens with one attached hydrogen (secondary N) is 2. The Kier molecular flexibility index (Phi) is 6.18. The molecule has 1 unspecified atom stereocenters. The molecule has 0 fully saturated rings. The molecule has 0 saturated carbocycles. The molecule has 0 aliphatic heterocycles. The maximum Gasteiger partial charge on any atom is 0.239 e. The van der Waals surface area contributed by atoms with Crippen molar-refractivity contribution in [2.75, 3.05) is 6.54 Å². The quantitative estimate of drug-likeness (QED) is 0.855. The summed E-state index contributed by atoms with van der Waals surface area (Å²) in [5.41, 5.74) is 1.87. The van der Waals surface area contributed by atoms with Gasteiger partial charge in [-0.25, -0.2) is 0 Å². The number of rotatable bonds is 6. The molecule has 0 aromatic heterocycles. The van der Waals surface area contributed by atoms with Crippen molar-refractivity contribution in [3.63, 3.8) is 0 Å². The van der Waals surface area contributed by atoms with Gasteiger partial charge in [-0.1, -0.05) is 54.1 Å². The molecule has 1 atom stereocenters. The predicted octanol–water partition coefficient (Wildman–Crippen LogP) is 2.88. The minimum Gasteiger partial charge on any atom is -0.348 e. The van der Waals surface area contributed by atoms with Gasteiger partial charge in [0.25, 0.3) is 0 Å². The van der Waals surface area contributed by atoms with E-state index in [1.807, 2.05) is 49.4 Å². The Balaban J connectivity index is 1.76. The summed E-state index contributed by atoms with van der Waals surface area (Å²) >= 11 is 5.84. The molecular weight excluding hydrogens is 312 g/mol. The fourth-order valence-electron chi connectivity index (χ4n) is 2.15. The Hall–Kier alpha value is -2.33. The lowest BCUT2D eigenvalue weighted by atomic mass is 10.1. The minimum absolute atomic E-state index is 0.0381. The standard InChI is InChI=1S/C18H19ClN2O2/c1-13(15-7-9-16(19)10-8-15)21-18(23)12-20-17(22)11-14-5-3-2-4-6-14/h2-10,13H,11-12H2,1H3,(H,20,22)(H,21,23). The molecule has 5 heteroatoms. The molecule has 0 aliphatic rings. The van der Waals surface area contributed by atoms with Crippen molar-refractivity contribution in [2.24, 2.45) is 0 Å². The van der Waals surface area contributed by atoms with E-state index in [4.69, 9.17) is 11.6 Å². The number of halogens is 1. The molecule has 4 nitrogen and oxygen atoms in total. The van der Waals surface area contributed by atoms with Crippen molar-refractivity contribution in [1.82, 2.24) is 10.6 Å². The maximum atomic E-state index is 11.9. The number of carbonyl (C=O) groups is 2. The van der Waals surface area contributed by atoms with Crippen LogP contribution in [-0.4, -0.2) is 18.4 Å². The zero-order valence-corrected chi connectivity index (χ0v) is 13.6. The van der Waals surface area contributed by atoms with Crippen LogP contribution in [0.15, 0.2) is 54.6 Å². The summed E-state index contributed by atoms with van der Waals surface area (Å²) in [6, 6.07) is 16.5. The first kappa shape index (κ1) is 17.0. The Bertz CT molecular complexity index is 656. The van der Waals surface area contributed by atoms with Crippen LogP contribution >= 0.6 is 11.6 Å². The molecule has 2 N–H and O–H groups in total. The highest BCUT2D eigenvalue weighted by molar-refractivity contribution is 6.30. The van der Waals surface area contributed by atoms with Gasteiger partial charge in [-0.15, -0.1) is 0 Å². The van der Waals surface area contributed by atoms with E-state index in [1.54, 1.807) is 12.1 Å². The highest BCUT2D eigenvalue weighted by atomic mass is 35.5. The summed E-state index contributed by atoms with van der Waals surface area (Å²) < 4.78 is 0. The van der Waals surface area contributed by atoms with E-state index in [2.05, 4.69) is 10.6 Å². The first-order valence-electron chi connectivity index (χ1n) is 7.40. The second kappa shape index (κ2) is 8.34. The molecule has 0 saturated heterocycles. The first-order chi connectivity index (χ1) is 11.0. The lowest BCUT2D eigenvalue weighted by Gasteiger charge is -2.14. The molecule has 120 valence electrons. The topological polar surface area (TPSA) is 58.2 Å². The summed E-state index contributed by atoms with van der Waals surface area (Å²) in [5.74, 6) is -0.403. The number of hydrogen-bond donors (Lipinski definition) is 2. The minimum atomic E-state index is -0.228. The van der Waals surface area contributed by atoms with Crippen LogP contribution in [-0.2, 0) is 16.0 Å². The second-order valence-corrected chi connectivity index (χ2v) is 5.72. The van der Waals surface area contributed by atoms with Gasteiger partial charge in [-0.3, -0.25) is 9.59 Å². The molecule has 2 amide bonds. The van der Waals surface area contributed by atoms with E-state index in [0.29, 0.717) is 5.02 Å². The highest BCUT2D eigenvalue weighted by Crippen LogP contribution is 2.15. The third-order valence-electron chi connectivity index (χ3n) is 3.40. The van der Waals surface area contributed by atoms with Crippen LogP contribution < -0.4 is 10.6 Å². The molecule has 2 aromatic rings. The van der Waals surface area contributed by atoms with E-state index in [0.717, 1.165) is 11.1 Å². The molecule has 0 radical (unpaired) electrons. The van der Waals surface area contributed by atoms with Crippen molar-refractivity contribution in [3.05, 3.63) is 70.7 Å². The first-order valence-corrected chi connectivity index (χ1v) is 7.78. The molecule has 2 aromatic carbocycles. The summed E-state index contributed by atoms with van der Waals surface area (Å²) in [6.45, 7) is 1.84. The van der Waals surface area contributed by atoms with E-state index in [1.165, 1.54) is 0 Å². The summed E-state index contributed by atoms with van der Waals surface area (Å²) in [4.78, 5) is 23.7. The van der Waals surface area contributed by atoms with Gasteiger partial charge in [0.15, 0.2) is 0 Å². The van der Waals surface area contributed by atoms with Crippen molar-refractivity contribution >= 4 is 23.4 Å². The van der Waals surface area contributed by atoms with Crippen molar-refractivity contribution < 1.29 is 9.59 Å².